The Kier molecular flexibility index (Phi) is 5.75. The molecule has 9 heteroatoms. The van der Waals surface area contributed by atoms with E-state index in [9.17, 15) is 14.9 Å². The molecule has 1 heterocycles. The minimum absolute atomic E-state index is 0.126. The molecule has 144 valence electrons. The predicted molar refractivity (Wildman–Crippen MR) is 104 cm³/mol. The maximum atomic E-state index is 11.8. The second-order valence-electron chi connectivity index (χ2n) is 6.15. The first-order chi connectivity index (χ1) is 13.5. The zero-order chi connectivity index (χ0) is 20.1. The number of Topliss-reactive ketones (excluding diaryl/α,β-unsaturated/α-hetero) is 1. The lowest BCUT2D eigenvalue weighted by molar-refractivity contribution is -0.384. The monoisotopic (exact) mass is 380 g/mol. The number of nitrogens with one attached hydrogen (secondary N) is 1. The van der Waals surface area contributed by atoms with E-state index in [0.717, 1.165) is 11.3 Å². The van der Waals surface area contributed by atoms with Gasteiger partial charge in [0.15, 0.2) is 5.78 Å². The third-order valence-corrected chi connectivity index (χ3v) is 4.25. The Morgan fingerprint density at radius 3 is 2.79 bits per heavy atom. The van der Waals surface area contributed by atoms with Gasteiger partial charge in [0, 0.05) is 31.1 Å². The van der Waals surface area contributed by atoms with Gasteiger partial charge in [0.05, 0.1) is 22.5 Å². The Hall–Kier alpha value is -3.59. The summed E-state index contributed by atoms with van der Waals surface area (Å²) < 4.78 is 1.62. The highest BCUT2D eigenvalue weighted by Crippen LogP contribution is 2.27. The normalized spacial score (nSPS) is 10.6. The molecule has 0 aliphatic carbocycles. The maximum Gasteiger partial charge on any atom is 0.293 e. The molecule has 1 aromatic heterocycles. The molecule has 0 radical (unpaired) electrons. The highest BCUT2D eigenvalue weighted by atomic mass is 16.6. The summed E-state index contributed by atoms with van der Waals surface area (Å²) in [5.74, 6) is -0.132. The lowest BCUT2D eigenvalue weighted by atomic mass is 10.1. The molecule has 0 saturated heterocycles. The Labute approximate surface area is 161 Å². The van der Waals surface area contributed by atoms with Gasteiger partial charge in [-0.05, 0) is 29.8 Å². The molecule has 3 aromatic rings. The zero-order valence-electron chi connectivity index (χ0n) is 15.3. The molecule has 3 N–H and O–H groups in total. The van der Waals surface area contributed by atoms with Crippen LogP contribution in [0.2, 0.25) is 0 Å². The number of nitrogens with two attached hydrogens (primary N) is 1. The number of benzene rings is 2. The molecule has 0 unspecified atom stereocenters. The lowest BCUT2D eigenvalue weighted by Crippen LogP contribution is -2.05. The molecule has 0 amide bonds. The second-order valence-corrected chi connectivity index (χ2v) is 6.15. The Morgan fingerprint density at radius 2 is 2.11 bits per heavy atom. The van der Waals surface area contributed by atoms with Crippen molar-refractivity contribution in [1.82, 2.24) is 15.0 Å². The van der Waals surface area contributed by atoms with E-state index < -0.39 is 4.92 Å². The number of nitrogens with zero attached hydrogens (tertiary/aromatic N) is 4. The second kappa shape index (κ2) is 8.40. The molecule has 28 heavy (non-hydrogen) atoms. The van der Waals surface area contributed by atoms with Crippen LogP contribution in [0.25, 0.3) is 5.69 Å². The highest BCUT2D eigenvalue weighted by molar-refractivity contribution is 5.97. The van der Waals surface area contributed by atoms with E-state index in [4.69, 9.17) is 5.73 Å². The average Bonchev–Trinajstić information content (AvgIpc) is 3.21. The summed E-state index contributed by atoms with van der Waals surface area (Å²) in [5, 5.41) is 22.5. The molecule has 9 nitrogen and oxygen atoms in total. The van der Waals surface area contributed by atoms with Crippen LogP contribution in [0.4, 0.5) is 11.4 Å². The maximum absolute atomic E-state index is 11.8. The predicted octanol–water partition coefficient (Wildman–Crippen LogP) is 2.84. The van der Waals surface area contributed by atoms with E-state index in [1.807, 2.05) is 24.3 Å². The number of carbonyl (C=O) groups excluding carboxylic acids is 1. The van der Waals surface area contributed by atoms with Gasteiger partial charge in [0.25, 0.3) is 5.69 Å². The molecule has 0 aliphatic rings. The fourth-order valence-electron chi connectivity index (χ4n) is 2.73. The molecule has 0 spiro atoms. The van der Waals surface area contributed by atoms with Gasteiger partial charge >= 0.3 is 0 Å². The van der Waals surface area contributed by atoms with Gasteiger partial charge in [-0.3, -0.25) is 14.9 Å². The number of anilines is 1. The van der Waals surface area contributed by atoms with Crippen LogP contribution < -0.4 is 11.1 Å². The molecule has 0 fully saturated rings. The van der Waals surface area contributed by atoms with E-state index in [1.54, 1.807) is 29.9 Å². The summed E-state index contributed by atoms with van der Waals surface area (Å²) in [6, 6.07) is 12.0. The quantitative estimate of drug-likeness (QED) is 0.349. The van der Waals surface area contributed by atoms with Crippen molar-refractivity contribution in [2.45, 2.75) is 26.4 Å². The topological polar surface area (TPSA) is 129 Å². The van der Waals surface area contributed by atoms with Crippen molar-refractivity contribution < 1.29 is 9.72 Å². The van der Waals surface area contributed by atoms with Gasteiger partial charge in [-0.2, -0.15) is 0 Å². The summed E-state index contributed by atoms with van der Waals surface area (Å²) in [5.41, 5.74) is 8.52. The van der Waals surface area contributed by atoms with E-state index in [2.05, 4.69) is 15.6 Å². The Bertz CT molecular complexity index is 1010. The molecule has 0 atom stereocenters. The molecule has 0 bridgehead atoms. The summed E-state index contributed by atoms with van der Waals surface area (Å²) >= 11 is 0. The van der Waals surface area contributed by atoms with E-state index in [0.29, 0.717) is 36.5 Å². The third kappa shape index (κ3) is 4.21. The van der Waals surface area contributed by atoms with E-state index in [-0.39, 0.29) is 11.5 Å². The number of hydrogen-bond donors (Lipinski definition) is 2. The van der Waals surface area contributed by atoms with Crippen LogP contribution in [0, 0.1) is 10.1 Å². The van der Waals surface area contributed by atoms with Gasteiger partial charge < -0.3 is 11.1 Å². The number of carbonyl (C=O) groups is 1. The standard InChI is InChI=1S/C19H20N6O3/c1-2-19(26)14-6-7-17(18(9-14)25(27)28)21-11-13-4-3-5-16(8-13)24-12-15(10-20)22-23-24/h3-9,12,21H,2,10-11,20H2,1H3. The van der Waals surface area contributed by atoms with Crippen LogP contribution in [0.5, 0.6) is 0 Å². The average molecular weight is 380 g/mol. The van der Waals surface area contributed by atoms with Crippen molar-refractivity contribution in [3.63, 3.8) is 0 Å². The smallest absolute Gasteiger partial charge is 0.293 e. The van der Waals surface area contributed by atoms with Crippen LogP contribution in [0.1, 0.15) is 35.0 Å². The first-order valence-corrected chi connectivity index (χ1v) is 8.78. The number of nitro benzene ring substituents is 1. The van der Waals surface area contributed by atoms with Crippen molar-refractivity contribution in [1.29, 1.82) is 0 Å². The fourth-order valence-corrected chi connectivity index (χ4v) is 2.73. The Morgan fingerprint density at radius 1 is 1.29 bits per heavy atom. The largest absolute Gasteiger partial charge is 0.375 e. The van der Waals surface area contributed by atoms with Crippen LogP contribution in [0.3, 0.4) is 0 Å². The summed E-state index contributed by atoms with van der Waals surface area (Å²) in [6.07, 6.45) is 2.05. The van der Waals surface area contributed by atoms with Crippen molar-refractivity contribution in [2.24, 2.45) is 5.73 Å². The third-order valence-electron chi connectivity index (χ3n) is 4.25. The van der Waals surface area contributed by atoms with Crippen molar-refractivity contribution >= 4 is 17.2 Å². The van der Waals surface area contributed by atoms with Gasteiger partial charge in [0.1, 0.15) is 5.69 Å². The Balaban J connectivity index is 1.79. The van der Waals surface area contributed by atoms with Gasteiger partial charge in [0.2, 0.25) is 0 Å². The molecular formula is C19H20N6O3. The lowest BCUT2D eigenvalue weighted by Gasteiger charge is -2.09. The molecule has 3 rings (SSSR count). The number of rotatable bonds is 8. The summed E-state index contributed by atoms with van der Waals surface area (Å²) in [4.78, 5) is 22.7. The number of aromatic nitrogens is 3. The number of nitro groups is 1. The zero-order valence-corrected chi connectivity index (χ0v) is 15.3. The van der Waals surface area contributed by atoms with Crippen molar-refractivity contribution in [3.8, 4) is 5.69 Å². The first-order valence-electron chi connectivity index (χ1n) is 8.78. The van der Waals surface area contributed by atoms with E-state index in [1.165, 1.54) is 6.07 Å². The number of hydrogen-bond acceptors (Lipinski definition) is 7. The van der Waals surface area contributed by atoms with Crippen LogP contribution in [-0.4, -0.2) is 25.7 Å². The van der Waals surface area contributed by atoms with Crippen molar-refractivity contribution in [2.75, 3.05) is 5.32 Å². The van der Waals surface area contributed by atoms with Crippen molar-refractivity contribution in [3.05, 3.63) is 75.6 Å². The molecular weight excluding hydrogens is 360 g/mol. The van der Waals surface area contributed by atoms with Crippen LogP contribution in [-0.2, 0) is 13.1 Å². The van der Waals surface area contributed by atoms with Crippen LogP contribution >= 0.6 is 0 Å². The summed E-state index contributed by atoms with van der Waals surface area (Å²) in [7, 11) is 0. The highest BCUT2D eigenvalue weighted by Gasteiger charge is 2.17. The molecule has 0 saturated carbocycles. The molecule has 0 aliphatic heterocycles. The minimum atomic E-state index is -0.491. The fraction of sp³-hybridized carbons (Fsp3) is 0.211. The van der Waals surface area contributed by atoms with Crippen LogP contribution in [0.15, 0.2) is 48.7 Å². The van der Waals surface area contributed by atoms with E-state index >= 15 is 0 Å². The van der Waals surface area contributed by atoms with Gasteiger partial charge in [-0.1, -0.05) is 24.3 Å². The van der Waals surface area contributed by atoms with Gasteiger partial charge in [-0.25, -0.2) is 4.68 Å². The first kappa shape index (κ1) is 19.2. The SMILES string of the molecule is CCC(=O)c1ccc(NCc2cccc(-n3cc(CN)nn3)c2)c([N+](=O)[O-])c1. The summed E-state index contributed by atoms with van der Waals surface area (Å²) in [6.45, 7) is 2.40. The van der Waals surface area contributed by atoms with Gasteiger partial charge in [-0.15, -0.1) is 5.10 Å². The number of ketones is 1. The minimum Gasteiger partial charge on any atom is -0.375 e. The molecule has 2 aromatic carbocycles.